The molecule has 0 saturated carbocycles. The molecule has 0 bridgehead atoms. The minimum absolute atomic E-state index is 0.0756. The molecule has 0 aromatic heterocycles. The van der Waals surface area contributed by atoms with Crippen molar-refractivity contribution in [1.82, 2.24) is 10.2 Å². The fraction of sp³-hybridized carbons (Fsp3) is 0.381. The highest BCUT2D eigenvalue weighted by Crippen LogP contribution is 2.55. The summed E-state index contributed by atoms with van der Waals surface area (Å²) < 4.78 is 12.0. The van der Waals surface area contributed by atoms with Crippen LogP contribution >= 0.6 is 15.9 Å². The maximum Gasteiger partial charge on any atom is 0.404 e. The first-order valence-corrected chi connectivity index (χ1v) is 10.7. The smallest absolute Gasteiger partial charge is 0.404 e. The quantitative estimate of drug-likeness (QED) is 0.416. The number of ether oxygens (including phenoxy) is 2. The number of primary amides is 1. The Labute approximate surface area is 186 Å². The number of halogens is 1. The second-order valence-electron chi connectivity index (χ2n) is 8.05. The largest absolute Gasteiger partial charge is 0.449 e. The predicted octanol–water partition coefficient (Wildman–Crippen LogP) is 1.26. The van der Waals surface area contributed by atoms with Crippen LogP contribution < -0.4 is 16.4 Å². The highest BCUT2D eigenvalue weighted by molar-refractivity contribution is 9.10. The number of ketones is 2. The Morgan fingerprint density at radius 1 is 1.32 bits per heavy atom. The van der Waals surface area contributed by atoms with E-state index in [1.165, 1.54) is 0 Å². The van der Waals surface area contributed by atoms with Crippen LogP contribution in [0.2, 0.25) is 0 Å². The van der Waals surface area contributed by atoms with E-state index in [0.717, 1.165) is 4.47 Å². The van der Waals surface area contributed by atoms with E-state index in [2.05, 4.69) is 26.6 Å². The van der Waals surface area contributed by atoms with E-state index in [1.807, 2.05) is 29.2 Å². The Morgan fingerprint density at radius 2 is 2.03 bits per heavy atom. The summed E-state index contributed by atoms with van der Waals surface area (Å²) >= 11 is 3.38. The highest BCUT2D eigenvalue weighted by atomic mass is 79.9. The van der Waals surface area contributed by atoms with Crippen molar-refractivity contribution in [3.05, 3.63) is 51.3 Å². The molecule has 1 aromatic carbocycles. The number of hydrogen-bond acceptors (Lipinski definition) is 8. The molecular weight excluding hydrogens is 468 g/mol. The Balaban J connectivity index is 1.56. The van der Waals surface area contributed by atoms with Crippen LogP contribution in [0.5, 0.6) is 0 Å². The molecule has 9 nitrogen and oxygen atoms in total. The summed E-state index contributed by atoms with van der Waals surface area (Å²) in [6.45, 7) is 2.02. The maximum atomic E-state index is 13.7. The van der Waals surface area contributed by atoms with Crippen molar-refractivity contribution in [2.75, 3.05) is 25.6 Å². The van der Waals surface area contributed by atoms with Gasteiger partial charge in [0, 0.05) is 41.0 Å². The Hall–Kier alpha value is -2.69. The van der Waals surface area contributed by atoms with Crippen LogP contribution in [0, 0.1) is 5.92 Å². The number of rotatable bonds is 5. The second-order valence-corrected chi connectivity index (χ2v) is 8.97. The third-order valence-electron chi connectivity index (χ3n) is 6.54. The number of benzene rings is 1. The van der Waals surface area contributed by atoms with Gasteiger partial charge in [-0.2, -0.15) is 0 Å². The molecule has 10 heteroatoms. The molecule has 2 saturated heterocycles. The van der Waals surface area contributed by atoms with E-state index >= 15 is 0 Å². The number of hydrogen-bond donors (Lipinski definition) is 3. The number of amides is 1. The first-order valence-electron chi connectivity index (χ1n) is 9.87. The lowest BCUT2D eigenvalue weighted by atomic mass is 9.82. The van der Waals surface area contributed by atoms with E-state index < -0.39 is 17.7 Å². The van der Waals surface area contributed by atoms with Crippen LogP contribution in [-0.2, 0) is 19.1 Å². The average molecular weight is 489 g/mol. The summed E-state index contributed by atoms with van der Waals surface area (Å²) in [6.07, 6.45) is -0.945. The Kier molecular flexibility index (Phi) is 4.51. The van der Waals surface area contributed by atoms with Crippen LogP contribution in [0.4, 0.5) is 10.5 Å². The molecular formula is C21H21BrN4O5. The number of allylic oxidation sites excluding steroid dienone is 2. The summed E-state index contributed by atoms with van der Waals surface area (Å²) in [5.74, 6) is -1.20. The average Bonchev–Trinajstić information content (AvgIpc) is 3.35. The first kappa shape index (κ1) is 20.2. The van der Waals surface area contributed by atoms with E-state index in [9.17, 15) is 14.4 Å². The van der Waals surface area contributed by atoms with Gasteiger partial charge in [-0.05, 0) is 31.2 Å². The number of carbonyl (C=O) groups is 3. The molecule has 2 fully saturated rings. The van der Waals surface area contributed by atoms with Gasteiger partial charge in [0.2, 0.25) is 11.6 Å². The van der Waals surface area contributed by atoms with Crippen molar-refractivity contribution in [2.24, 2.45) is 11.7 Å². The van der Waals surface area contributed by atoms with Crippen molar-refractivity contribution in [1.29, 1.82) is 0 Å². The summed E-state index contributed by atoms with van der Waals surface area (Å²) in [4.78, 5) is 40.4. The van der Waals surface area contributed by atoms with Crippen molar-refractivity contribution >= 4 is 39.3 Å². The standard InChI is InChI=1S/C21H21BrN4O5/c1-9-15(24-11-5-3-10(22)4-6-11)18(28)14-12(8-31-20(23)29)21(30-2)19-13(25-19)7-26(21)16(14)17(9)27/h3-6,12-13,19,24-25H,7-8H2,1-2H3,(H2,23,29)/t12-,13+,19+,21-/m1/s1. The van der Waals surface area contributed by atoms with Gasteiger partial charge in [0.05, 0.1) is 23.4 Å². The molecule has 5 rings (SSSR count). The number of nitrogens with zero attached hydrogens (tertiary/aromatic N) is 1. The van der Waals surface area contributed by atoms with Gasteiger partial charge in [0.15, 0.2) is 5.72 Å². The van der Waals surface area contributed by atoms with Gasteiger partial charge in [-0.1, -0.05) is 15.9 Å². The fourth-order valence-corrected chi connectivity index (χ4v) is 5.38. The molecule has 4 atom stereocenters. The van der Waals surface area contributed by atoms with E-state index in [0.29, 0.717) is 29.1 Å². The van der Waals surface area contributed by atoms with Gasteiger partial charge < -0.3 is 30.7 Å². The number of nitrogens with one attached hydrogen (secondary N) is 2. The van der Waals surface area contributed by atoms with Gasteiger partial charge in [-0.15, -0.1) is 0 Å². The monoisotopic (exact) mass is 488 g/mol. The third-order valence-corrected chi connectivity index (χ3v) is 7.07. The van der Waals surface area contributed by atoms with Crippen LogP contribution in [0.1, 0.15) is 6.92 Å². The van der Waals surface area contributed by atoms with Crippen LogP contribution in [0.25, 0.3) is 0 Å². The van der Waals surface area contributed by atoms with Crippen molar-refractivity contribution in [3.8, 4) is 0 Å². The molecule has 1 aliphatic carbocycles. The van der Waals surface area contributed by atoms with Gasteiger partial charge in [-0.25, -0.2) is 4.79 Å². The molecule has 3 aliphatic heterocycles. The third kappa shape index (κ3) is 2.78. The van der Waals surface area contributed by atoms with E-state index in [1.54, 1.807) is 14.0 Å². The van der Waals surface area contributed by atoms with Gasteiger partial charge in [0.25, 0.3) is 0 Å². The number of carbonyl (C=O) groups excluding carboxylic acids is 3. The molecule has 31 heavy (non-hydrogen) atoms. The number of methoxy groups -OCH3 is 1. The highest BCUT2D eigenvalue weighted by Gasteiger charge is 2.72. The summed E-state index contributed by atoms with van der Waals surface area (Å²) in [6, 6.07) is 7.37. The lowest BCUT2D eigenvalue weighted by Gasteiger charge is -2.39. The zero-order chi connectivity index (χ0) is 22.1. The summed E-state index contributed by atoms with van der Waals surface area (Å²) in [7, 11) is 1.54. The molecule has 0 unspecified atom stereocenters. The zero-order valence-corrected chi connectivity index (χ0v) is 18.5. The van der Waals surface area contributed by atoms with E-state index in [4.69, 9.17) is 15.2 Å². The second kappa shape index (κ2) is 6.91. The van der Waals surface area contributed by atoms with Crippen LogP contribution in [0.3, 0.4) is 0 Å². The van der Waals surface area contributed by atoms with Crippen molar-refractivity contribution in [3.63, 3.8) is 0 Å². The Morgan fingerprint density at radius 3 is 2.68 bits per heavy atom. The topological polar surface area (TPSA) is 133 Å². The number of Topliss-reactive ketones (excluding diaryl/α,β-unsaturated/α-hetero) is 2. The van der Waals surface area contributed by atoms with E-state index in [-0.39, 0.29) is 36.0 Å². The molecule has 0 spiro atoms. The predicted molar refractivity (Wildman–Crippen MR) is 114 cm³/mol. The molecule has 1 aromatic rings. The van der Waals surface area contributed by atoms with Crippen LogP contribution in [-0.4, -0.2) is 60.6 Å². The minimum atomic E-state index is -0.983. The molecule has 1 amide bonds. The number of piperazine rings is 1. The normalized spacial score (nSPS) is 30.9. The maximum absolute atomic E-state index is 13.7. The summed E-state index contributed by atoms with van der Waals surface area (Å²) in [5.41, 5.74) is 6.08. The molecule has 0 radical (unpaired) electrons. The Bertz CT molecular complexity index is 1080. The molecule has 162 valence electrons. The lowest BCUT2D eigenvalue weighted by Crippen LogP contribution is -2.55. The molecule has 3 heterocycles. The first-order chi connectivity index (χ1) is 14.8. The zero-order valence-electron chi connectivity index (χ0n) is 16.9. The van der Waals surface area contributed by atoms with Gasteiger partial charge in [-0.3, -0.25) is 9.59 Å². The van der Waals surface area contributed by atoms with Gasteiger partial charge in [0.1, 0.15) is 6.61 Å². The number of anilines is 1. The molecule has 4 N–H and O–H groups in total. The number of nitrogens with two attached hydrogens (primary N) is 1. The van der Waals surface area contributed by atoms with Gasteiger partial charge >= 0.3 is 6.09 Å². The van der Waals surface area contributed by atoms with Crippen molar-refractivity contribution < 1.29 is 23.9 Å². The molecule has 4 aliphatic rings. The van der Waals surface area contributed by atoms with Crippen molar-refractivity contribution in [2.45, 2.75) is 24.7 Å². The summed E-state index contributed by atoms with van der Waals surface area (Å²) in [5, 5.41) is 6.44. The SMILES string of the molecule is CO[C@@]12[C@H](COC(N)=O)C3=C(C(=O)C(C)=C(Nc4ccc(Br)cc4)C3=O)N1C[C@@H]1N[C@@H]12. The minimum Gasteiger partial charge on any atom is -0.449 e. The fourth-order valence-electron chi connectivity index (χ4n) is 5.12. The lowest BCUT2D eigenvalue weighted by molar-refractivity contribution is -0.137. The number of fused-ring (bicyclic) bond motifs is 4. The van der Waals surface area contributed by atoms with Crippen LogP contribution in [0.15, 0.2) is 51.3 Å².